The van der Waals surface area contributed by atoms with E-state index in [2.05, 4.69) is 15.4 Å². The highest BCUT2D eigenvalue weighted by Gasteiger charge is 2.54. The lowest BCUT2D eigenvalue weighted by atomic mass is 9.77. The number of methoxy groups -OCH3 is 2. The second kappa shape index (κ2) is 20.1. The normalized spacial score (nSPS) is 20.0. The predicted molar refractivity (Wildman–Crippen MR) is 236 cm³/mol. The molecule has 1 saturated heterocycles. The van der Waals surface area contributed by atoms with Crippen LogP contribution >= 0.6 is 19.5 Å². The first-order valence-electron chi connectivity index (χ1n) is 19.9. The van der Waals surface area contributed by atoms with Crippen LogP contribution in [0.3, 0.4) is 0 Å². The van der Waals surface area contributed by atoms with Gasteiger partial charge in [0.05, 0.1) is 39.5 Å². The molecule has 6 rings (SSSR count). The van der Waals surface area contributed by atoms with Gasteiger partial charge in [-0.05, 0) is 73.4 Å². The molecule has 0 saturated carbocycles. The van der Waals surface area contributed by atoms with Crippen molar-refractivity contribution >= 4 is 30.4 Å². The molecule has 1 aliphatic heterocycles. The maximum atomic E-state index is 14.1. The summed E-state index contributed by atoms with van der Waals surface area (Å²) in [5.41, 5.74) is -1.64. The molecule has 0 spiro atoms. The number of carbonyl (C=O) groups is 1. The summed E-state index contributed by atoms with van der Waals surface area (Å²) in [6.45, 7) is 3.65. The van der Waals surface area contributed by atoms with Crippen LogP contribution in [0.5, 0.6) is 11.5 Å². The molecule has 1 aromatic heterocycles. The van der Waals surface area contributed by atoms with Crippen LogP contribution in [0.25, 0.3) is 0 Å². The molecule has 2 heterocycles. The predicted octanol–water partition coefficient (Wildman–Crippen LogP) is 5.88. The van der Waals surface area contributed by atoms with Gasteiger partial charge in [-0.25, -0.2) is 14.4 Å². The molecule has 1 aliphatic rings. The van der Waals surface area contributed by atoms with E-state index >= 15 is 0 Å². The van der Waals surface area contributed by atoms with Gasteiger partial charge in [-0.2, -0.15) is 4.98 Å². The summed E-state index contributed by atoms with van der Waals surface area (Å²) >= 11 is 0.931. The molecule has 330 valence electrons. The van der Waals surface area contributed by atoms with Crippen molar-refractivity contribution in [2.45, 2.75) is 56.9 Å². The molecule has 17 heteroatoms. The van der Waals surface area contributed by atoms with Crippen molar-refractivity contribution in [3.8, 4) is 11.5 Å². The van der Waals surface area contributed by atoms with Gasteiger partial charge in [0.25, 0.3) is 0 Å². The van der Waals surface area contributed by atoms with Gasteiger partial charge in [-0.3, -0.25) is 18.4 Å². The molecule has 62 heavy (non-hydrogen) atoms. The third-order valence-corrected chi connectivity index (χ3v) is 13.4. The van der Waals surface area contributed by atoms with Crippen LogP contribution in [0.2, 0.25) is 0 Å². The van der Waals surface area contributed by atoms with E-state index < -0.39 is 55.0 Å². The summed E-state index contributed by atoms with van der Waals surface area (Å²) in [5, 5.41) is 38.6. The maximum absolute atomic E-state index is 14.1. The van der Waals surface area contributed by atoms with Crippen molar-refractivity contribution in [2.24, 2.45) is 5.41 Å². The molecular formula is C45H53N4O11PS. The Morgan fingerprint density at radius 2 is 1.45 bits per heavy atom. The average molecular weight is 889 g/mol. The fourth-order valence-corrected chi connectivity index (χ4v) is 9.19. The van der Waals surface area contributed by atoms with E-state index in [9.17, 15) is 29.5 Å². The highest BCUT2D eigenvalue weighted by molar-refractivity contribution is 8.13. The number of aliphatic hydroxyl groups is 3. The molecular weight excluding hydrogens is 836 g/mol. The van der Waals surface area contributed by atoms with Crippen LogP contribution in [0, 0.1) is 5.41 Å². The Hall–Kier alpha value is -4.87. The molecule has 2 unspecified atom stereocenters. The summed E-state index contributed by atoms with van der Waals surface area (Å²) < 4.78 is 43.6. The summed E-state index contributed by atoms with van der Waals surface area (Å²) in [5.74, 6) is 1.63. The first-order valence-corrected chi connectivity index (χ1v) is 22.4. The lowest BCUT2D eigenvalue weighted by Crippen LogP contribution is -2.46. The number of nitrogens with one attached hydrogen (secondary N) is 2. The highest BCUT2D eigenvalue weighted by Crippen LogP contribution is 2.47. The van der Waals surface area contributed by atoms with Gasteiger partial charge in [0.1, 0.15) is 40.7 Å². The van der Waals surface area contributed by atoms with Gasteiger partial charge < -0.3 is 34.8 Å². The SMILES string of the molecule is COc1ccc(C(Nc2ccn([C@@H]3O[C@H](COP(=O)(NCc4ccccc4)OCCSC(=O)C(C)(C)CO)C(O)[C@]3(C)O)c(=O)n2)(c2ccccc2)c2ccc(OC)cc2)cc1. The lowest BCUT2D eigenvalue weighted by Gasteiger charge is -2.37. The van der Waals surface area contributed by atoms with Gasteiger partial charge >= 0.3 is 13.4 Å². The number of aromatic nitrogens is 2. The quantitative estimate of drug-likeness (QED) is 0.0352. The van der Waals surface area contributed by atoms with Crippen LogP contribution in [0.1, 0.15) is 49.3 Å². The Morgan fingerprint density at radius 3 is 2.00 bits per heavy atom. The van der Waals surface area contributed by atoms with Gasteiger partial charge in [-0.15, -0.1) is 0 Å². The Bertz CT molecular complexity index is 2300. The van der Waals surface area contributed by atoms with E-state index in [0.717, 1.165) is 38.6 Å². The fraction of sp³-hybridized carbons (Fsp3) is 0.356. The minimum absolute atomic E-state index is 0.0973. The third-order valence-electron chi connectivity index (χ3n) is 10.7. The Kier molecular flexibility index (Phi) is 15.1. The number of benzene rings is 4. The van der Waals surface area contributed by atoms with E-state index in [0.29, 0.717) is 11.5 Å². The second-order valence-electron chi connectivity index (χ2n) is 15.5. The van der Waals surface area contributed by atoms with Crippen LogP contribution in [0.4, 0.5) is 5.82 Å². The van der Waals surface area contributed by atoms with Crippen molar-refractivity contribution in [2.75, 3.05) is 45.1 Å². The Balaban J connectivity index is 1.24. The molecule has 0 amide bonds. The summed E-state index contributed by atoms with van der Waals surface area (Å²) in [4.78, 5) is 30.9. The van der Waals surface area contributed by atoms with Crippen molar-refractivity contribution in [3.05, 3.63) is 154 Å². The minimum atomic E-state index is -4.13. The topological polar surface area (TPSA) is 200 Å². The smallest absolute Gasteiger partial charge is 0.405 e. The Morgan fingerprint density at radius 1 is 0.887 bits per heavy atom. The first-order chi connectivity index (χ1) is 29.7. The molecule has 0 radical (unpaired) electrons. The molecule has 4 aromatic carbocycles. The maximum Gasteiger partial charge on any atom is 0.405 e. The number of nitrogens with zero attached hydrogens (tertiary/aromatic N) is 2. The van der Waals surface area contributed by atoms with Gasteiger partial charge in [0.15, 0.2) is 11.3 Å². The minimum Gasteiger partial charge on any atom is -0.497 e. The van der Waals surface area contributed by atoms with Gasteiger partial charge in [0.2, 0.25) is 0 Å². The standard InChI is InChI=1S/C45H53N4O11PS/c1-43(2,30-50)41(52)62-27-26-58-61(55,46-28-31-12-8-6-9-13-31)59-29-37-39(51)44(3,54)40(60-37)49-25-24-38(47-42(49)53)48-45(32-14-10-7-11-15-32,33-16-20-35(56-4)21-17-33)34-18-22-36(57-5)23-19-34/h6-25,37,39-40,50-51,54H,26-30H2,1-5H3,(H,46,55)(H,47,48,53)/t37-,39?,40-,44+,61?/m1/s1. The van der Waals surface area contributed by atoms with E-state index in [-0.39, 0.29) is 36.4 Å². The molecule has 1 fully saturated rings. The number of hydrogen-bond acceptors (Lipinski definition) is 14. The van der Waals surface area contributed by atoms with Crippen LogP contribution in [-0.4, -0.2) is 87.6 Å². The zero-order chi connectivity index (χ0) is 44.5. The molecule has 5 aromatic rings. The highest BCUT2D eigenvalue weighted by atomic mass is 32.2. The largest absolute Gasteiger partial charge is 0.497 e. The fourth-order valence-electron chi connectivity index (χ4n) is 6.95. The van der Waals surface area contributed by atoms with Crippen molar-refractivity contribution < 1.29 is 47.9 Å². The number of carbonyl (C=O) groups excluding carboxylic acids is 1. The van der Waals surface area contributed by atoms with E-state index in [4.69, 9.17) is 23.3 Å². The number of thioether (sulfide) groups is 1. The number of hydrogen-bond donors (Lipinski definition) is 5. The van der Waals surface area contributed by atoms with Crippen molar-refractivity contribution in [3.63, 3.8) is 0 Å². The lowest BCUT2D eigenvalue weighted by molar-refractivity contribution is -0.119. The summed E-state index contributed by atoms with van der Waals surface area (Å²) in [6, 6.07) is 35.5. The molecule has 0 aliphatic carbocycles. The van der Waals surface area contributed by atoms with Crippen molar-refractivity contribution in [1.82, 2.24) is 14.6 Å². The molecule has 15 nitrogen and oxygen atoms in total. The molecule has 5 atom stereocenters. The van der Waals surface area contributed by atoms with Crippen LogP contribution in [0.15, 0.2) is 126 Å². The van der Waals surface area contributed by atoms with E-state index in [1.807, 2.05) is 109 Å². The summed E-state index contributed by atoms with van der Waals surface area (Å²) in [7, 11) is -0.946. The molecule has 5 N–H and O–H groups in total. The number of ether oxygens (including phenoxy) is 3. The Labute approximate surface area is 365 Å². The summed E-state index contributed by atoms with van der Waals surface area (Å²) in [6.07, 6.45) is -2.90. The monoisotopic (exact) mass is 888 g/mol. The van der Waals surface area contributed by atoms with Gasteiger partial charge in [0, 0.05) is 18.5 Å². The third kappa shape index (κ3) is 10.5. The van der Waals surface area contributed by atoms with Crippen LogP contribution in [-0.2, 0) is 35.2 Å². The average Bonchev–Trinajstić information content (AvgIpc) is 3.52. The van der Waals surface area contributed by atoms with E-state index in [1.165, 1.54) is 13.1 Å². The zero-order valence-corrected chi connectivity index (χ0v) is 36.9. The van der Waals surface area contributed by atoms with Gasteiger partial charge in [-0.1, -0.05) is 96.7 Å². The molecule has 0 bridgehead atoms. The van der Waals surface area contributed by atoms with E-state index in [1.54, 1.807) is 34.1 Å². The number of rotatable bonds is 20. The second-order valence-corrected chi connectivity index (χ2v) is 18.4. The zero-order valence-electron chi connectivity index (χ0n) is 35.2. The van der Waals surface area contributed by atoms with Crippen molar-refractivity contribution in [1.29, 1.82) is 0 Å². The number of anilines is 1. The van der Waals surface area contributed by atoms with Crippen LogP contribution < -0.4 is 25.6 Å². The first kappa shape index (κ1) is 46.6. The number of aliphatic hydroxyl groups excluding tert-OH is 2.